The number of hydrogen-bond donors (Lipinski definition) is 2. The van der Waals surface area contributed by atoms with Gasteiger partial charge in [-0.25, -0.2) is 0 Å². The minimum Gasteiger partial charge on any atom is -0.496 e. The van der Waals surface area contributed by atoms with Crippen LogP contribution in [0.25, 0.3) is 0 Å². The molecular formula is C20H32IN5O2. The van der Waals surface area contributed by atoms with Crippen LogP contribution in [0.4, 0.5) is 0 Å². The molecule has 0 spiro atoms. The maximum absolute atomic E-state index is 5.38. The molecule has 28 heavy (non-hydrogen) atoms. The maximum Gasteiger partial charge on any atom is 0.226 e. The number of aliphatic imine (C=N–C) groups is 1. The highest BCUT2D eigenvalue weighted by Gasteiger charge is 2.09. The highest BCUT2D eigenvalue weighted by molar-refractivity contribution is 14.0. The van der Waals surface area contributed by atoms with Gasteiger partial charge in [-0.3, -0.25) is 4.99 Å². The Morgan fingerprint density at radius 1 is 1.21 bits per heavy atom. The zero-order valence-corrected chi connectivity index (χ0v) is 19.7. The zero-order valence-electron chi connectivity index (χ0n) is 17.4. The molecule has 1 aromatic heterocycles. The first kappa shape index (κ1) is 24.2. The van der Waals surface area contributed by atoms with E-state index >= 15 is 0 Å². The van der Waals surface area contributed by atoms with Crippen LogP contribution in [-0.4, -0.2) is 43.3 Å². The topological polar surface area (TPSA) is 84.6 Å². The van der Waals surface area contributed by atoms with Gasteiger partial charge in [0.05, 0.1) is 7.11 Å². The lowest BCUT2D eigenvalue weighted by Crippen LogP contribution is -2.38. The van der Waals surface area contributed by atoms with Crippen LogP contribution in [0.3, 0.4) is 0 Å². The number of halogens is 1. The van der Waals surface area contributed by atoms with E-state index in [0.29, 0.717) is 5.89 Å². The zero-order chi connectivity index (χ0) is 19.6. The van der Waals surface area contributed by atoms with Crippen molar-refractivity contribution in [1.29, 1.82) is 0 Å². The SMILES string of the molecule is CN=C(NCCCc1nc(C(C)C)no1)NCCc1ccc(C)c(OC)c1.I. The van der Waals surface area contributed by atoms with E-state index in [1.807, 2.05) is 6.92 Å². The van der Waals surface area contributed by atoms with E-state index in [2.05, 4.69) is 57.8 Å². The molecule has 1 aromatic carbocycles. The van der Waals surface area contributed by atoms with Crippen LogP contribution in [-0.2, 0) is 12.8 Å². The Hall–Kier alpha value is -1.84. The summed E-state index contributed by atoms with van der Waals surface area (Å²) in [5.74, 6) is 3.47. The molecule has 0 radical (unpaired) electrons. The fourth-order valence-electron chi connectivity index (χ4n) is 2.62. The first-order valence-electron chi connectivity index (χ1n) is 9.44. The van der Waals surface area contributed by atoms with Crippen molar-refractivity contribution in [2.45, 2.75) is 46.0 Å². The molecule has 8 heteroatoms. The van der Waals surface area contributed by atoms with E-state index in [0.717, 1.165) is 55.4 Å². The van der Waals surface area contributed by atoms with Crippen molar-refractivity contribution < 1.29 is 9.26 Å². The van der Waals surface area contributed by atoms with Crippen molar-refractivity contribution in [3.63, 3.8) is 0 Å². The Morgan fingerprint density at radius 2 is 1.96 bits per heavy atom. The van der Waals surface area contributed by atoms with Gasteiger partial charge in [-0.2, -0.15) is 4.98 Å². The first-order chi connectivity index (χ1) is 13.0. The summed E-state index contributed by atoms with van der Waals surface area (Å²) in [4.78, 5) is 8.65. The fourth-order valence-corrected chi connectivity index (χ4v) is 2.62. The number of aromatic nitrogens is 2. The maximum atomic E-state index is 5.38. The summed E-state index contributed by atoms with van der Waals surface area (Å²) in [6.07, 6.45) is 2.56. The summed E-state index contributed by atoms with van der Waals surface area (Å²) < 4.78 is 10.6. The highest BCUT2D eigenvalue weighted by atomic mass is 127. The number of rotatable bonds is 9. The molecule has 0 saturated heterocycles. The van der Waals surface area contributed by atoms with Gasteiger partial charge >= 0.3 is 0 Å². The Bertz CT molecular complexity index is 746. The Labute approximate surface area is 184 Å². The predicted octanol–water partition coefficient (Wildman–Crippen LogP) is 3.47. The lowest BCUT2D eigenvalue weighted by molar-refractivity contribution is 0.368. The second-order valence-electron chi connectivity index (χ2n) is 6.78. The van der Waals surface area contributed by atoms with E-state index in [-0.39, 0.29) is 29.9 Å². The van der Waals surface area contributed by atoms with E-state index in [1.54, 1.807) is 14.2 Å². The van der Waals surface area contributed by atoms with Crippen molar-refractivity contribution in [3.8, 4) is 5.75 Å². The van der Waals surface area contributed by atoms with Crippen LogP contribution in [0.15, 0.2) is 27.7 Å². The largest absolute Gasteiger partial charge is 0.496 e. The third-order valence-electron chi connectivity index (χ3n) is 4.26. The van der Waals surface area contributed by atoms with Crippen molar-refractivity contribution in [1.82, 2.24) is 20.8 Å². The molecule has 0 aliphatic heterocycles. The molecule has 0 atom stereocenters. The highest BCUT2D eigenvalue weighted by Crippen LogP contribution is 2.19. The molecule has 2 aromatic rings. The van der Waals surface area contributed by atoms with Crippen LogP contribution in [0.2, 0.25) is 0 Å². The fraction of sp³-hybridized carbons (Fsp3) is 0.550. The molecule has 0 aliphatic rings. The average Bonchev–Trinajstić information content (AvgIpc) is 3.14. The molecule has 0 unspecified atom stereocenters. The van der Waals surface area contributed by atoms with E-state index in [1.165, 1.54) is 5.56 Å². The molecular weight excluding hydrogens is 469 g/mol. The van der Waals surface area contributed by atoms with Gasteiger partial charge in [0, 0.05) is 32.5 Å². The smallest absolute Gasteiger partial charge is 0.226 e. The standard InChI is InChI=1S/C20H31N5O2.HI/c1-14(2)19-24-18(27-25-19)7-6-11-22-20(21-4)23-12-10-16-9-8-15(3)17(13-16)26-5;/h8-9,13-14H,6-7,10-12H2,1-5H3,(H2,21,22,23);1H. The van der Waals surface area contributed by atoms with Crippen molar-refractivity contribution in [2.75, 3.05) is 27.2 Å². The van der Waals surface area contributed by atoms with Crippen molar-refractivity contribution in [2.24, 2.45) is 4.99 Å². The first-order valence-corrected chi connectivity index (χ1v) is 9.44. The molecule has 7 nitrogen and oxygen atoms in total. The molecule has 0 aliphatic carbocycles. The summed E-state index contributed by atoms with van der Waals surface area (Å²) in [5.41, 5.74) is 2.38. The normalized spacial score (nSPS) is 11.3. The molecule has 2 N–H and O–H groups in total. The molecule has 0 bridgehead atoms. The number of nitrogens with zero attached hydrogens (tertiary/aromatic N) is 3. The summed E-state index contributed by atoms with van der Waals surface area (Å²) in [7, 11) is 3.48. The van der Waals surface area contributed by atoms with Gasteiger partial charge in [-0.05, 0) is 37.0 Å². The summed E-state index contributed by atoms with van der Waals surface area (Å²) >= 11 is 0. The van der Waals surface area contributed by atoms with Gasteiger partial charge in [-0.15, -0.1) is 24.0 Å². The quantitative estimate of drug-likeness (QED) is 0.237. The number of methoxy groups -OCH3 is 1. The Morgan fingerprint density at radius 3 is 2.61 bits per heavy atom. The van der Waals surface area contributed by atoms with Gasteiger partial charge in [0.1, 0.15) is 5.75 Å². The van der Waals surface area contributed by atoms with Gasteiger partial charge in [0.15, 0.2) is 11.8 Å². The average molecular weight is 501 g/mol. The lowest BCUT2D eigenvalue weighted by atomic mass is 10.1. The molecule has 0 fully saturated rings. The number of hydrogen-bond acceptors (Lipinski definition) is 5. The third kappa shape index (κ3) is 7.65. The summed E-state index contributed by atoms with van der Waals surface area (Å²) in [5, 5.41) is 10.6. The Balaban J connectivity index is 0.00000392. The van der Waals surface area contributed by atoms with Crippen LogP contribution >= 0.6 is 24.0 Å². The second kappa shape index (κ2) is 12.6. The van der Waals surface area contributed by atoms with Crippen LogP contribution < -0.4 is 15.4 Å². The van der Waals surface area contributed by atoms with Crippen LogP contribution in [0.5, 0.6) is 5.75 Å². The number of nitrogens with one attached hydrogen (secondary N) is 2. The molecule has 0 amide bonds. The second-order valence-corrected chi connectivity index (χ2v) is 6.78. The number of benzene rings is 1. The van der Waals surface area contributed by atoms with Gasteiger partial charge in [0.2, 0.25) is 5.89 Å². The summed E-state index contributed by atoms with van der Waals surface area (Å²) in [6.45, 7) is 7.74. The van der Waals surface area contributed by atoms with Crippen molar-refractivity contribution in [3.05, 3.63) is 41.0 Å². The monoisotopic (exact) mass is 501 g/mol. The number of ether oxygens (including phenoxy) is 1. The minimum atomic E-state index is 0. The third-order valence-corrected chi connectivity index (χ3v) is 4.26. The Kier molecular flexibility index (Phi) is 10.9. The van der Waals surface area contributed by atoms with Gasteiger partial charge in [0.25, 0.3) is 0 Å². The van der Waals surface area contributed by atoms with E-state index in [9.17, 15) is 0 Å². The molecule has 0 saturated carbocycles. The minimum absolute atomic E-state index is 0. The van der Waals surface area contributed by atoms with Crippen LogP contribution in [0.1, 0.15) is 49.0 Å². The predicted molar refractivity (Wildman–Crippen MR) is 123 cm³/mol. The number of aryl methyl sites for hydroxylation is 2. The van der Waals surface area contributed by atoms with Crippen molar-refractivity contribution >= 4 is 29.9 Å². The number of guanidine groups is 1. The van der Waals surface area contributed by atoms with Gasteiger partial charge in [-0.1, -0.05) is 31.1 Å². The molecule has 1 heterocycles. The van der Waals surface area contributed by atoms with Crippen LogP contribution in [0, 0.1) is 6.92 Å². The van der Waals surface area contributed by atoms with E-state index < -0.39 is 0 Å². The van der Waals surface area contributed by atoms with E-state index in [4.69, 9.17) is 9.26 Å². The molecule has 156 valence electrons. The van der Waals surface area contributed by atoms with Gasteiger partial charge < -0.3 is 19.9 Å². The molecule has 2 rings (SSSR count). The lowest BCUT2D eigenvalue weighted by Gasteiger charge is -2.12. The summed E-state index contributed by atoms with van der Waals surface area (Å²) in [6, 6.07) is 6.30.